The Bertz CT molecular complexity index is 958. The number of hydrogen-bond acceptors (Lipinski definition) is 5. The van der Waals surface area contributed by atoms with Crippen molar-refractivity contribution in [2.45, 2.75) is 39.2 Å². The van der Waals surface area contributed by atoms with E-state index in [0.29, 0.717) is 25.6 Å². The van der Waals surface area contributed by atoms with Crippen molar-refractivity contribution < 1.29 is 37.7 Å². The first-order valence-corrected chi connectivity index (χ1v) is 12.0. The van der Waals surface area contributed by atoms with E-state index < -0.39 is 29.7 Å². The molecule has 0 heterocycles. The maximum atomic E-state index is 13.5. The first-order chi connectivity index (χ1) is 17.3. The second-order valence-electron chi connectivity index (χ2n) is 7.99. The first kappa shape index (κ1) is 29.0. The Morgan fingerprint density at radius 3 is 2.36 bits per heavy atom. The minimum atomic E-state index is -1.05. The van der Waals surface area contributed by atoms with Crippen molar-refractivity contribution in [3.63, 3.8) is 0 Å². The molecule has 0 aliphatic carbocycles. The van der Waals surface area contributed by atoms with Crippen molar-refractivity contribution >= 4 is 17.7 Å². The van der Waals surface area contributed by atoms with E-state index in [1.165, 1.54) is 11.0 Å². The van der Waals surface area contributed by atoms with Gasteiger partial charge in [0.15, 0.2) is 17.7 Å². The summed E-state index contributed by atoms with van der Waals surface area (Å²) in [6.45, 7) is 5.70. The third kappa shape index (κ3) is 10.2. The van der Waals surface area contributed by atoms with Gasteiger partial charge < -0.3 is 29.5 Å². The number of halogens is 2. The molecule has 0 spiro atoms. The van der Waals surface area contributed by atoms with E-state index in [2.05, 4.69) is 12.2 Å². The van der Waals surface area contributed by atoms with Crippen LogP contribution >= 0.6 is 0 Å². The second-order valence-corrected chi connectivity index (χ2v) is 7.99. The van der Waals surface area contributed by atoms with Crippen molar-refractivity contribution in [2.24, 2.45) is 0 Å². The van der Waals surface area contributed by atoms with Crippen LogP contribution in [0.4, 0.5) is 19.3 Å². The smallest absolute Gasteiger partial charge is 0.333 e. The van der Waals surface area contributed by atoms with Crippen LogP contribution in [0, 0.1) is 11.6 Å². The molecule has 0 fully saturated rings. The van der Waals surface area contributed by atoms with Gasteiger partial charge >= 0.3 is 12.0 Å². The van der Waals surface area contributed by atoms with Crippen molar-refractivity contribution in [1.29, 1.82) is 0 Å². The van der Waals surface area contributed by atoms with Gasteiger partial charge in [-0.2, -0.15) is 0 Å². The molecule has 0 bridgehead atoms. The molecule has 1 atom stereocenters. The number of nitrogens with zero attached hydrogens (tertiary/aromatic N) is 1. The van der Waals surface area contributed by atoms with Crippen molar-refractivity contribution in [2.75, 3.05) is 44.8 Å². The number of carboxylic acids is 1. The molecule has 198 valence electrons. The Labute approximate surface area is 210 Å². The molecule has 2 N–H and O–H groups in total. The minimum Gasteiger partial charge on any atom is -0.492 e. The van der Waals surface area contributed by atoms with E-state index in [1.807, 2.05) is 0 Å². The van der Waals surface area contributed by atoms with Gasteiger partial charge in [0.05, 0.1) is 13.2 Å². The number of anilines is 1. The average Bonchev–Trinajstić information content (AvgIpc) is 2.85. The Kier molecular flexibility index (Phi) is 12.6. The molecular formula is C26H34F2N2O6. The van der Waals surface area contributed by atoms with Gasteiger partial charge in [-0.25, -0.2) is 18.4 Å². The summed E-state index contributed by atoms with van der Waals surface area (Å²) in [5.74, 6) is -2.50. The van der Waals surface area contributed by atoms with E-state index in [-0.39, 0.29) is 31.8 Å². The van der Waals surface area contributed by atoms with Crippen LogP contribution in [0.5, 0.6) is 5.75 Å². The zero-order chi connectivity index (χ0) is 26.3. The average molecular weight is 509 g/mol. The lowest BCUT2D eigenvalue weighted by Gasteiger charge is -2.23. The number of unbranched alkanes of at least 4 members (excludes halogenated alkanes) is 1. The fourth-order valence-electron chi connectivity index (χ4n) is 3.24. The lowest BCUT2D eigenvalue weighted by Crippen LogP contribution is -2.40. The predicted octanol–water partition coefficient (Wildman–Crippen LogP) is 4.73. The highest BCUT2D eigenvalue weighted by Crippen LogP contribution is 2.16. The summed E-state index contributed by atoms with van der Waals surface area (Å²) in [6, 6.07) is 9.63. The third-order valence-electron chi connectivity index (χ3n) is 5.22. The topological polar surface area (TPSA) is 97.3 Å². The van der Waals surface area contributed by atoms with Gasteiger partial charge in [0.2, 0.25) is 0 Å². The van der Waals surface area contributed by atoms with Crippen LogP contribution in [0.2, 0.25) is 0 Å². The van der Waals surface area contributed by atoms with Crippen LogP contribution in [-0.2, 0) is 20.7 Å². The quantitative estimate of drug-likeness (QED) is 0.318. The fraction of sp³-hybridized carbons (Fsp3) is 0.462. The molecule has 36 heavy (non-hydrogen) atoms. The maximum Gasteiger partial charge on any atom is 0.333 e. The highest BCUT2D eigenvalue weighted by Gasteiger charge is 2.18. The van der Waals surface area contributed by atoms with Crippen molar-refractivity contribution in [3.05, 3.63) is 59.7 Å². The summed E-state index contributed by atoms with van der Waals surface area (Å²) >= 11 is 0. The van der Waals surface area contributed by atoms with Crippen molar-refractivity contribution in [3.8, 4) is 5.75 Å². The van der Waals surface area contributed by atoms with Crippen molar-refractivity contribution in [1.82, 2.24) is 4.90 Å². The number of hydrogen-bond donors (Lipinski definition) is 2. The van der Waals surface area contributed by atoms with Gasteiger partial charge in [-0.1, -0.05) is 25.5 Å². The lowest BCUT2D eigenvalue weighted by molar-refractivity contribution is -0.149. The molecule has 0 aliphatic rings. The van der Waals surface area contributed by atoms with Gasteiger partial charge in [0.1, 0.15) is 12.4 Å². The van der Waals surface area contributed by atoms with Crippen LogP contribution in [-0.4, -0.2) is 67.6 Å². The number of ether oxygens (including phenoxy) is 3. The Hall–Kier alpha value is -3.24. The largest absolute Gasteiger partial charge is 0.492 e. The van der Waals surface area contributed by atoms with Crippen LogP contribution < -0.4 is 10.1 Å². The number of aliphatic carboxylic acids is 1. The molecule has 0 radical (unpaired) electrons. The number of rotatable bonds is 16. The molecule has 0 aromatic heterocycles. The molecule has 2 aromatic rings. The molecule has 2 amide bonds. The van der Waals surface area contributed by atoms with Crippen LogP contribution in [0.3, 0.4) is 0 Å². The summed E-state index contributed by atoms with van der Waals surface area (Å²) < 4.78 is 43.2. The lowest BCUT2D eigenvalue weighted by atomic mass is 10.1. The summed E-state index contributed by atoms with van der Waals surface area (Å²) in [5.41, 5.74) is 0.930. The van der Waals surface area contributed by atoms with Gasteiger partial charge in [-0.15, -0.1) is 0 Å². The summed E-state index contributed by atoms with van der Waals surface area (Å²) in [5, 5.41) is 11.8. The summed E-state index contributed by atoms with van der Waals surface area (Å²) in [6.07, 6.45) is 1.23. The van der Waals surface area contributed by atoms with Crippen LogP contribution in [0.25, 0.3) is 0 Å². The van der Waals surface area contributed by atoms with Crippen LogP contribution in [0.15, 0.2) is 42.5 Å². The molecule has 2 rings (SSSR count). The molecule has 10 heteroatoms. The predicted molar refractivity (Wildman–Crippen MR) is 131 cm³/mol. The molecule has 8 nitrogen and oxygen atoms in total. The van der Waals surface area contributed by atoms with Gasteiger partial charge in [0.25, 0.3) is 0 Å². The SMILES string of the molecule is CCCCOCCN(CCOc1ccc(CC(OCC)C(=O)O)cc1)C(=O)Nc1ccc(F)c(F)c1. The number of carbonyl (C=O) groups is 2. The molecule has 0 saturated carbocycles. The monoisotopic (exact) mass is 508 g/mol. The number of amides is 2. The first-order valence-electron chi connectivity index (χ1n) is 12.0. The van der Waals surface area contributed by atoms with Crippen LogP contribution in [0.1, 0.15) is 32.3 Å². The number of benzene rings is 2. The molecular weight excluding hydrogens is 474 g/mol. The fourth-order valence-corrected chi connectivity index (χ4v) is 3.24. The normalized spacial score (nSPS) is 11.7. The summed E-state index contributed by atoms with van der Waals surface area (Å²) in [7, 11) is 0. The van der Waals surface area contributed by atoms with E-state index in [9.17, 15) is 23.5 Å². The maximum absolute atomic E-state index is 13.5. The van der Waals surface area contributed by atoms with E-state index >= 15 is 0 Å². The molecule has 0 aliphatic heterocycles. The number of carboxylic acid groups (broad SMARTS) is 1. The van der Waals surface area contributed by atoms with E-state index in [0.717, 1.165) is 30.5 Å². The van der Waals surface area contributed by atoms with E-state index in [1.54, 1.807) is 31.2 Å². The molecule has 1 unspecified atom stereocenters. The van der Waals surface area contributed by atoms with Gasteiger partial charge in [-0.3, -0.25) is 0 Å². The zero-order valence-corrected chi connectivity index (χ0v) is 20.7. The highest BCUT2D eigenvalue weighted by atomic mass is 19.2. The highest BCUT2D eigenvalue weighted by molar-refractivity contribution is 5.89. The summed E-state index contributed by atoms with van der Waals surface area (Å²) in [4.78, 5) is 25.5. The Morgan fingerprint density at radius 1 is 1.00 bits per heavy atom. The number of carbonyl (C=O) groups excluding carboxylic acids is 1. The second kappa shape index (κ2) is 15.7. The number of urea groups is 1. The zero-order valence-electron chi connectivity index (χ0n) is 20.7. The number of nitrogens with one attached hydrogen (secondary N) is 1. The van der Waals surface area contributed by atoms with Gasteiger partial charge in [-0.05, 0) is 43.2 Å². The van der Waals surface area contributed by atoms with E-state index in [4.69, 9.17) is 14.2 Å². The Morgan fingerprint density at radius 2 is 1.72 bits per heavy atom. The molecule has 0 saturated heterocycles. The standard InChI is InChI=1S/C26H34F2N2O6/c1-3-5-14-34-15-12-30(26(33)29-20-8-11-22(27)23(28)18-20)13-16-36-21-9-6-19(7-10-21)17-24(25(31)32)35-4-2/h6-11,18,24H,3-5,12-17H2,1-2H3,(H,29,33)(H,31,32). The Balaban J connectivity index is 1.92. The molecule has 2 aromatic carbocycles. The third-order valence-corrected chi connectivity index (χ3v) is 5.22. The van der Waals surface area contributed by atoms with Gasteiger partial charge in [0, 0.05) is 37.9 Å². The minimum absolute atomic E-state index is 0.138.